The maximum Gasteiger partial charge on any atom is 0.254 e. The van der Waals surface area contributed by atoms with Gasteiger partial charge in [0, 0.05) is 39.6 Å². The van der Waals surface area contributed by atoms with Crippen molar-refractivity contribution in [1.29, 1.82) is 0 Å². The largest absolute Gasteiger partial charge is 0.324 e. The minimum Gasteiger partial charge on any atom is -0.324 e. The maximum absolute atomic E-state index is 13.7. The number of amides is 1. The first-order valence-corrected chi connectivity index (χ1v) is 10.3. The van der Waals surface area contributed by atoms with E-state index in [1.54, 1.807) is 24.3 Å². The Hall–Kier alpha value is -3.83. The average molecular weight is 406 g/mol. The number of carbonyl (C=O) groups is 3. The summed E-state index contributed by atoms with van der Waals surface area (Å²) in [4.78, 5) is 40.8. The molecule has 1 aliphatic carbocycles. The summed E-state index contributed by atoms with van der Waals surface area (Å²) in [6, 6.07) is 23.5. The Kier molecular flexibility index (Phi) is 3.67. The number of para-hydroxylation sites is 1. The van der Waals surface area contributed by atoms with Gasteiger partial charge in [-0.25, -0.2) is 0 Å². The maximum atomic E-state index is 13.7. The van der Waals surface area contributed by atoms with Gasteiger partial charge < -0.3 is 5.32 Å². The Morgan fingerprint density at radius 2 is 1.39 bits per heavy atom. The molecule has 1 spiro atoms. The van der Waals surface area contributed by atoms with Crippen LogP contribution in [-0.2, 0) is 16.8 Å². The van der Waals surface area contributed by atoms with Crippen LogP contribution in [0.4, 0.5) is 5.69 Å². The fraction of sp³-hybridized carbons (Fsp3) is 0.115. The predicted octanol–water partition coefficient (Wildman–Crippen LogP) is 3.42. The van der Waals surface area contributed by atoms with Gasteiger partial charge in [-0.15, -0.1) is 0 Å². The van der Waals surface area contributed by atoms with E-state index >= 15 is 0 Å². The normalized spacial score (nSPS) is 23.6. The highest BCUT2D eigenvalue weighted by Crippen LogP contribution is 2.50. The molecular formula is C26H18N2O3. The van der Waals surface area contributed by atoms with E-state index in [2.05, 4.69) is 10.6 Å². The molecule has 2 heterocycles. The minimum absolute atomic E-state index is 0.187. The molecule has 3 aromatic carbocycles. The molecule has 3 aromatic rings. The fourth-order valence-corrected chi connectivity index (χ4v) is 5.16. The van der Waals surface area contributed by atoms with Crippen LogP contribution in [0.1, 0.15) is 31.8 Å². The number of Topliss-reactive ketones (excluding diaryl/α,β-unsaturated/α-hetero) is 2. The highest BCUT2D eigenvalue weighted by atomic mass is 16.2. The van der Waals surface area contributed by atoms with E-state index in [1.807, 2.05) is 54.6 Å². The third-order valence-corrected chi connectivity index (χ3v) is 6.47. The Bertz CT molecular complexity index is 1330. The molecule has 0 radical (unpaired) electrons. The van der Waals surface area contributed by atoms with Crippen LogP contribution in [0.3, 0.4) is 0 Å². The third kappa shape index (κ3) is 2.32. The first-order valence-electron chi connectivity index (χ1n) is 10.3. The van der Waals surface area contributed by atoms with E-state index in [0.717, 1.165) is 5.56 Å². The van der Waals surface area contributed by atoms with Crippen LogP contribution in [-0.4, -0.2) is 23.5 Å². The Balaban J connectivity index is 1.60. The number of anilines is 1. The molecular weight excluding hydrogens is 388 g/mol. The summed E-state index contributed by atoms with van der Waals surface area (Å²) in [7, 11) is 0. The van der Waals surface area contributed by atoms with E-state index in [-0.39, 0.29) is 23.0 Å². The lowest BCUT2D eigenvalue weighted by Crippen LogP contribution is -2.50. The molecule has 31 heavy (non-hydrogen) atoms. The monoisotopic (exact) mass is 406 g/mol. The highest BCUT2D eigenvalue weighted by Gasteiger charge is 2.60. The van der Waals surface area contributed by atoms with Crippen LogP contribution in [0.25, 0.3) is 0 Å². The van der Waals surface area contributed by atoms with Crippen molar-refractivity contribution in [3.63, 3.8) is 0 Å². The summed E-state index contributed by atoms with van der Waals surface area (Å²) in [5, 5.41) is 6.34. The summed E-state index contributed by atoms with van der Waals surface area (Å²) in [5.74, 6) is -0.773. The molecule has 0 aromatic heterocycles. The molecule has 2 atom stereocenters. The zero-order valence-corrected chi connectivity index (χ0v) is 16.5. The lowest BCUT2D eigenvalue weighted by atomic mass is 9.74. The lowest BCUT2D eigenvalue weighted by molar-refractivity contribution is -0.120. The van der Waals surface area contributed by atoms with Crippen molar-refractivity contribution in [2.24, 2.45) is 0 Å². The Morgan fingerprint density at radius 3 is 2.16 bits per heavy atom. The third-order valence-electron chi connectivity index (χ3n) is 6.47. The van der Waals surface area contributed by atoms with E-state index in [4.69, 9.17) is 0 Å². The van der Waals surface area contributed by atoms with E-state index < -0.39 is 11.6 Å². The fourth-order valence-electron chi connectivity index (χ4n) is 5.16. The van der Waals surface area contributed by atoms with Crippen molar-refractivity contribution in [3.8, 4) is 0 Å². The molecule has 5 heteroatoms. The SMILES string of the molecule is O=C1C2=C(C(=O)c3ccccc31)[C@]1(N[C@@H]2Cc2ccccc2)C(=O)Nc2ccccc21. The van der Waals surface area contributed by atoms with E-state index in [1.165, 1.54) is 0 Å². The number of carbonyl (C=O) groups excluding carboxylic acids is 3. The van der Waals surface area contributed by atoms with Gasteiger partial charge in [0.2, 0.25) is 0 Å². The van der Waals surface area contributed by atoms with Gasteiger partial charge in [-0.2, -0.15) is 0 Å². The van der Waals surface area contributed by atoms with Crippen molar-refractivity contribution < 1.29 is 14.4 Å². The van der Waals surface area contributed by atoms with Crippen molar-refractivity contribution in [1.82, 2.24) is 5.32 Å². The first-order chi connectivity index (χ1) is 15.1. The molecule has 1 amide bonds. The van der Waals surface area contributed by atoms with Gasteiger partial charge in [0.25, 0.3) is 5.91 Å². The highest BCUT2D eigenvalue weighted by molar-refractivity contribution is 6.32. The standard InChI is InChI=1S/C26H18N2O3/c29-23-16-10-4-5-11-17(16)24(30)22-21(23)20(14-15-8-2-1-3-9-15)28-26(22)18-12-6-7-13-19(18)27-25(26)31/h1-13,20,28H,14H2,(H,27,31)/t20-,26+/m1/s1. The molecule has 0 fully saturated rings. The summed E-state index contributed by atoms with van der Waals surface area (Å²) >= 11 is 0. The van der Waals surface area contributed by atoms with Gasteiger partial charge in [-0.1, -0.05) is 72.8 Å². The second kappa shape index (κ2) is 6.33. The number of benzene rings is 3. The van der Waals surface area contributed by atoms with Crippen LogP contribution in [0.15, 0.2) is 90.0 Å². The van der Waals surface area contributed by atoms with Crippen molar-refractivity contribution in [2.75, 3.05) is 5.32 Å². The number of hydrogen-bond donors (Lipinski definition) is 2. The molecule has 2 N–H and O–H groups in total. The smallest absolute Gasteiger partial charge is 0.254 e. The zero-order chi connectivity index (χ0) is 21.2. The van der Waals surface area contributed by atoms with Gasteiger partial charge in [-0.3, -0.25) is 19.7 Å². The second-order valence-corrected chi connectivity index (χ2v) is 8.13. The van der Waals surface area contributed by atoms with Crippen LogP contribution < -0.4 is 10.6 Å². The molecule has 2 aliphatic heterocycles. The first kappa shape index (κ1) is 18.0. The number of ketones is 2. The van der Waals surface area contributed by atoms with Crippen LogP contribution >= 0.6 is 0 Å². The van der Waals surface area contributed by atoms with Gasteiger partial charge in [-0.05, 0) is 18.1 Å². The number of fused-ring (bicyclic) bond motifs is 4. The van der Waals surface area contributed by atoms with E-state index in [0.29, 0.717) is 34.4 Å². The molecule has 0 saturated carbocycles. The Morgan fingerprint density at radius 1 is 0.742 bits per heavy atom. The molecule has 3 aliphatic rings. The van der Waals surface area contributed by atoms with Crippen molar-refractivity contribution >= 4 is 23.2 Å². The minimum atomic E-state index is -1.37. The van der Waals surface area contributed by atoms with E-state index in [9.17, 15) is 14.4 Å². The lowest BCUT2D eigenvalue weighted by Gasteiger charge is -2.27. The van der Waals surface area contributed by atoms with Crippen molar-refractivity contribution in [2.45, 2.75) is 18.0 Å². The molecule has 0 unspecified atom stereocenters. The van der Waals surface area contributed by atoms with Gasteiger partial charge in [0.15, 0.2) is 17.1 Å². The molecule has 0 bridgehead atoms. The predicted molar refractivity (Wildman–Crippen MR) is 116 cm³/mol. The van der Waals surface area contributed by atoms with Gasteiger partial charge in [0.1, 0.15) is 0 Å². The molecule has 5 nitrogen and oxygen atoms in total. The topological polar surface area (TPSA) is 75.3 Å². The van der Waals surface area contributed by atoms with Crippen LogP contribution in [0, 0.1) is 0 Å². The van der Waals surface area contributed by atoms with Gasteiger partial charge in [0.05, 0.1) is 0 Å². The average Bonchev–Trinajstić information content (AvgIpc) is 3.28. The summed E-state index contributed by atoms with van der Waals surface area (Å²) in [5.41, 5.74) is 2.41. The number of rotatable bonds is 2. The van der Waals surface area contributed by atoms with Crippen LogP contribution in [0.5, 0.6) is 0 Å². The van der Waals surface area contributed by atoms with Crippen LogP contribution in [0.2, 0.25) is 0 Å². The molecule has 6 rings (SSSR count). The summed E-state index contributed by atoms with van der Waals surface area (Å²) < 4.78 is 0. The number of nitrogens with one attached hydrogen (secondary N) is 2. The Labute approximate surface area is 178 Å². The summed E-state index contributed by atoms with van der Waals surface area (Å²) in [6.07, 6.45) is 0.498. The van der Waals surface area contributed by atoms with Gasteiger partial charge >= 0.3 is 0 Å². The molecule has 0 saturated heterocycles. The second-order valence-electron chi connectivity index (χ2n) is 8.13. The number of hydrogen-bond acceptors (Lipinski definition) is 4. The zero-order valence-electron chi connectivity index (χ0n) is 16.5. The summed E-state index contributed by atoms with van der Waals surface area (Å²) in [6.45, 7) is 0. The molecule has 150 valence electrons. The quantitative estimate of drug-likeness (QED) is 0.684. The van der Waals surface area contributed by atoms with Crippen molar-refractivity contribution in [3.05, 3.63) is 112 Å².